The van der Waals surface area contributed by atoms with Gasteiger partial charge in [0.1, 0.15) is 24.2 Å². The minimum atomic E-state index is 0.0262. The molecular weight excluding hydrogens is 308 g/mol. The molecule has 128 valence electrons. The Balaban J connectivity index is 1.76. The summed E-state index contributed by atoms with van der Waals surface area (Å²) < 4.78 is 12.5. The Morgan fingerprint density at radius 2 is 2.21 bits per heavy atom. The van der Waals surface area contributed by atoms with Crippen LogP contribution in [-0.4, -0.2) is 46.3 Å². The minimum Gasteiger partial charge on any atom is -0.497 e. The van der Waals surface area contributed by atoms with Crippen molar-refractivity contribution in [1.29, 1.82) is 0 Å². The molecule has 1 aromatic carbocycles. The molecule has 24 heavy (non-hydrogen) atoms. The Bertz CT molecular complexity index is 687. The van der Waals surface area contributed by atoms with E-state index in [4.69, 9.17) is 9.47 Å². The molecule has 0 bridgehead atoms. The van der Waals surface area contributed by atoms with Crippen molar-refractivity contribution < 1.29 is 14.3 Å². The van der Waals surface area contributed by atoms with E-state index < -0.39 is 0 Å². The van der Waals surface area contributed by atoms with E-state index in [-0.39, 0.29) is 11.9 Å². The van der Waals surface area contributed by atoms with Gasteiger partial charge in [-0.3, -0.25) is 9.48 Å². The van der Waals surface area contributed by atoms with Crippen LogP contribution in [0.25, 0.3) is 0 Å². The molecule has 0 saturated carbocycles. The molecule has 2 heterocycles. The number of aryl methyl sites for hydroxylation is 1. The Kier molecular flexibility index (Phi) is 4.98. The second-order valence-corrected chi connectivity index (χ2v) is 5.76. The molecule has 1 aliphatic heterocycles. The normalized spacial score (nSPS) is 17.1. The number of rotatable bonds is 6. The van der Waals surface area contributed by atoms with Crippen LogP contribution < -0.4 is 9.47 Å². The summed E-state index contributed by atoms with van der Waals surface area (Å²) in [4.78, 5) is 18.5. The van der Waals surface area contributed by atoms with Gasteiger partial charge in [-0.15, -0.1) is 0 Å². The van der Waals surface area contributed by atoms with Crippen molar-refractivity contribution in [3.8, 4) is 11.5 Å². The number of hydrogen-bond donors (Lipinski definition) is 0. The fourth-order valence-corrected chi connectivity index (χ4v) is 3.19. The highest BCUT2D eigenvalue weighted by molar-refractivity contribution is 5.77. The predicted octanol–water partition coefficient (Wildman–Crippen LogP) is 2.05. The highest BCUT2D eigenvalue weighted by Crippen LogP contribution is 2.39. The second-order valence-electron chi connectivity index (χ2n) is 5.76. The number of aromatic nitrogens is 3. The number of ether oxygens (including phenoxy) is 2. The van der Waals surface area contributed by atoms with E-state index in [9.17, 15) is 4.79 Å². The molecule has 1 atom stereocenters. The fourth-order valence-electron chi connectivity index (χ4n) is 3.19. The SMILES string of the molecule is COc1ccc(OC)c([C@H]2CCCN2C(=O)CCn2cncn2)c1. The first-order valence-corrected chi connectivity index (χ1v) is 8.06. The van der Waals surface area contributed by atoms with Gasteiger partial charge in [0.05, 0.1) is 26.8 Å². The Morgan fingerprint density at radius 3 is 2.92 bits per heavy atom. The first kappa shape index (κ1) is 16.3. The van der Waals surface area contributed by atoms with Gasteiger partial charge in [-0.25, -0.2) is 4.98 Å². The quantitative estimate of drug-likeness (QED) is 0.811. The maximum atomic E-state index is 12.7. The molecule has 0 aliphatic carbocycles. The number of carbonyl (C=O) groups excluding carboxylic acids is 1. The zero-order chi connectivity index (χ0) is 16.9. The van der Waals surface area contributed by atoms with Crippen molar-refractivity contribution in [3.63, 3.8) is 0 Å². The van der Waals surface area contributed by atoms with Crippen LogP contribution >= 0.6 is 0 Å². The highest BCUT2D eigenvalue weighted by Gasteiger charge is 2.31. The summed E-state index contributed by atoms with van der Waals surface area (Å²) in [5, 5.41) is 4.04. The van der Waals surface area contributed by atoms with Gasteiger partial charge in [0.2, 0.25) is 5.91 Å². The second kappa shape index (κ2) is 7.33. The van der Waals surface area contributed by atoms with Gasteiger partial charge in [0.25, 0.3) is 0 Å². The van der Waals surface area contributed by atoms with Crippen molar-refractivity contribution in [2.75, 3.05) is 20.8 Å². The average molecular weight is 330 g/mol. The molecule has 1 saturated heterocycles. The van der Waals surface area contributed by atoms with Crippen LogP contribution in [0, 0.1) is 0 Å². The first-order chi connectivity index (χ1) is 11.7. The van der Waals surface area contributed by atoms with Gasteiger partial charge >= 0.3 is 0 Å². The number of amides is 1. The van der Waals surface area contributed by atoms with E-state index in [1.807, 2.05) is 23.1 Å². The van der Waals surface area contributed by atoms with Crippen LogP contribution in [-0.2, 0) is 11.3 Å². The summed E-state index contributed by atoms with van der Waals surface area (Å²) in [6, 6.07) is 5.75. The van der Waals surface area contributed by atoms with Gasteiger partial charge < -0.3 is 14.4 Å². The van der Waals surface area contributed by atoms with E-state index >= 15 is 0 Å². The molecule has 1 aliphatic rings. The van der Waals surface area contributed by atoms with E-state index in [1.54, 1.807) is 25.2 Å². The monoisotopic (exact) mass is 330 g/mol. The molecule has 1 amide bonds. The third kappa shape index (κ3) is 3.34. The Morgan fingerprint density at radius 1 is 1.33 bits per heavy atom. The van der Waals surface area contributed by atoms with Gasteiger partial charge in [-0.1, -0.05) is 0 Å². The number of likely N-dealkylation sites (tertiary alicyclic amines) is 1. The van der Waals surface area contributed by atoms with Crippen molar-refractivity contribution >= 4 is 5.91 Å². The van der Waals surface area contributed by atoms with Gasteiger partial charge in [-0.05, 0) is 31.0 Å². The van der Waals surface area contributed by atoms with E-state index in [1.165, 1.54) is 6.33 Å². The lowest BCUT2D eigenvalue weighted by Crippen LogP contribution is -2.31. The fraction of sp³-hybridized carbons (Fsp3) is 0.471. The lowest BCUT2D eigenvalue weighted by Gasteiger charge is -2.26. The van der Waals surface area contributed by atoms with E-state index in [0.29, 0.717) is 13.0 Å². The minimum absolute atomic E-state index is 0.0262. The standard InChI is InChI=1S/C17H22N4O3/c1-23-13-5-6-16(24-2)14(10-13)15-4-3-8-21(15)17(22)7-9-20-12-18-11-19-20/h5-6,10-12,15H,3-4,7-9H2,1-2H3/t15-/m1/s1. The number of benzene rings is 1. The molecule has 0 spiro atoms. The molecule has 0 radical (unpaired) electrons. The zero-order valence-corrected chi connectivity index (χ0v) is 14.0. The molecule has 0 N–H and O–H groups in total. The molecule has 3 rings (SSSR count). The van der Waals surface area contributed by atoms with Crippen LogP contribution in [0.15, 0.2) is 30.9 Å². The number of hydrogen-bond acceptors (Lipinski definition) is 5. The lowest BCUT2D eigenvalue weighted by molar-refractivity contribution is -0.132. The largest absolute Gasteiger partial charge is 0.497 e. The first-order valence-electron chi connectivity index (χ1n) is 8.06. The van der Waals surface area contributed by atoms with Crippen molar-refractivity contribution in [3.05, 3.63) is 36.4 Å². The maximum Gasteiger partial charge on any atom is 0.224 e. The lowest BCUT2D eigenvalue weighted by atomic mass is 10.0. The van der Waals surface area contributed by atoms with Crippen molar-refractivity contribution in [2.45, 2.75) is 31.8 Å². The Labute approximate surface area is 141 Å². The molecule has 7 heteroatoms. The third-order valence-corrected chi connectivity index (χ3v) is 4.39. The summed E-state index contributed by atoms with van der Waals surface area (Å²) in [7, 11) is 3.29. The van der Waals surface area contributed by atoms with Crippen LogP contribution in [0.3, 0.4) is 0 Å². The highest BCUT2D eigenvalue weighted by atomic mass is 16.5. The molecule has 1 aromatic heterocycles. The summed E-state index contributed by atoms with van der Waals surface area (Å²) >= 11 is 0. The number of carbonyl (C=O) groups is 1. The summed E-state index contributed by atoms with van der Waals surface area (Å²) in [5.41, 5.74) is 1.00. The van der Waals surface area contributed by atoms with Crippen LogP contribution in [0.4, 0.5) is 0 Å². The molecule has 2 aromatic rings. The van der Waals surface area contributed by atoms with Crippen molar-refractivity contribution in [2.24, 2.45) is 0 Å². The number of methoxy groups -OCH3 is 2. The summed E-state index contributed by atoms with van der Waals surface area (Å²) in [6.45, 7) is 1.30. The van der Waals surface area contributed by atoms with E-state index in [2.05, 4.69) is 10.1 Å². The molecule has 0 unspecified atom stereocenters. The van der Waals surface area contributed by atoms with E-state index in [0.717, 1.165) is 36.4 Å². The third-order valence-electron chi connectivity index (χ3n) is 4.39. The molecular formula is C17H22N4O3. The van der Waals surface area contributed by atoms with Gasteiger partial charge in [-0.2, -0.15) is 5.10 Å². The van der Waals surface area contributed by atoms with Crippen LogP contribution in [0.2, 0.25) is 0 Å². The van der Waals surface area contributed by atoms with Crippen LogP contribution in [0.5, 0.6) is 11.5 Å². The molecule has 1 fully saturated rings. The maximum absolute atomic E-state index is 12.7. The van der Waals surface area contributed by atoms with Crippen LogP contribution in [0.1, 0.15) is 30.9 Å². The summed E-state index contributed by atoms with van der Waals surface area (Å²) in [5.74, 6) is 1.68. The Hall–Kier alpha value is -2.57. The predicted molar refractivity (Wildman–Crippen MR) is 87.9 cm³/mol. The number of nitrogens with zero attached hydrogens (tertiary/aromatic N) is 4. The van der Waals surface area contributed by atoms with Gasteiger partial charge in [0, 0.05) is 18.5 Å². The average Bonchev–Trinajstić information content (AvgIpc) is 3.30. The smallest absolute Gasteiger partial charge is 0.224 e. The summed E-state index contributed by atoms with van der Waals surface area (Å²) in [6.07, 6.45) is 5.43. The molecule has 7 nitrogen and oxygen atoms in total. The zero-order valence-electron chi connectivity index (χ0n) is 14.0. The topological polar surface area (TPSA) is 69.5 Å². The van der Waals surface area contributed by atoms with Gasteiger partial charge in [0.15, 0.2) is 0 Å². The van der Waals surface area contributed by atoms with Crippen molar-refractivity contribution in [1.82, 2.24) is 19.7 Å².